The Morgan fingerprint density at radius 3 is 2.19 bits per heavy atom. The van der Waals surface area contributed by atoms with Crippen molar-refractivity contribution in [3.63, 3.8) is 0 Å². The Labute approximate surface area is 163 Å². The van der Waals surface area contributed by atoms with Gasteiger partial charge < -0.3 is 0 Å². The van der Waals surface area contributed by atoms with Crippen molar-refractivity contribution in [1.29, 1.82) is 0 Å². The van der Waals surface area contributed by atoms with Crippen molar-refractivity contribution in [3.05, 3.63) is 0 Å². The van der Waals surface area contributed by atoms with Crippen LogP contribution < -0.4 is 0 Å². The molecule has 0 nitrogen and oxygen atoms in total. The van der Waals surface area contributed by atoms with Gasteiger partial charge >= 0.3 is 0 Å². The van der Waals surface area contributed by atoms with Gasteiger partial charge in [-0.15, -0.1) is 0 Å². The van der Waals surface area contributed by atoms with E-state index in [0.717, 1.165) is 41.4 Å². The fourth-order valence-electron chi connectivity index (χ4n) is 10.3. The van der Waals surface area contributed by atoms with Crippen LogP contribution in [-0.2, 0) is 0 Å². The maximum Gasteiger partial charge on any atom is -0.0215 e. The lowest BCUT2D eigenvalue weighted by atomic mass is 9.35. The molecular weight excluding hydrogens is 312 g/mol. The first-order chi connectivity index (χ1) is 12.3. The van der Waals surface area contributed by atoms with Gasteiger partial charge in [0.2, 0.25) is 0 Å². The van der Waals surface area contributed by atoms with Crippen LogP contribution in [-0.4, -0.2) is 0 Å². The van der Waals surface area contributed by atoms with E-state index in [1.54, 1.807) is 38.5 Å². The van der Waals surface area contributed by atoms with Gasteiger partial charge in [-0.1, -0.05) is 60.3 Å². The molecule has 9 unspecified atom stereocenters. The van der Waals surface area contributed by atoms with E-state index in [0.29, 0.717) is 16.2 Å². The second-order valence-electron chi connectivity index (χ2n) is 12.5. The van der Waals surface area contributed by atoms with Gasteiger partial charge in [-0.2, -0.15) is 0 Å². The van der Waals surface area contributed by atoms with Crippen molar-refractivity contribution in [2.45, 2.75) is 105 Å². The normalized spacial score (nSPS) is 58.3. The third-order valence-corrected chi connectivity index (χ3v) is 12.3. The summed E-state index contributed by atoms with van der Waals surface area (Å²) in [5, 5.41) is 0. The predicted octanol–water partition coefficient (Wildman–Crippen LogP) is 7.72. The Hall–Kier alpha value is 0. The second kappa shape index (κ2) is 5.76. The molecule has 0 aromatic heterocycles. The number of rotatable bonds is 0. The van der Waals surface area contributed by atoms with Crippen LogP contribution in [0.2, 0.25) is 0 Å². The quantitative estimate of drug-likeness (QED) is 0.417. The van der Waals surface area contributed by atoms with E-state index in [1.807, 2.05) is 0 Å². The van der Waals surface area contributed by atoms with E-state index in [2.05, 4.69) is 34.6 Å². The van der Waals surface area contributed by atoms with E-state index < -0.39 is 0 Å². The molecule has 5 rings (SSSR count). The molecule has 26 heavy (non-hydrogen) atoms. The average molecular weight is 357 g/mol. The second-order valence-corrected chi connectivity index (χ2v) is 12.5. The average Bonchev–Trinajstić information content (AvgIpc) is 2.97. The molecule has 0 N–H and O–H groups in total. The number of fused-ring (bicyclic) bond motifs is 7. The van der Waals surface area contributed by atoms with E-state index in [4.69, 9.17) is 0 Å². The maximum atomic E-state index is 2.75. The van der Waals surface area contributed by atoms with Crippen LogP contribution in [0.15, 0.2) is 0 Å². The molecule has 5 saturated carbocycles. The predicted molar refractivity (Wildman–Crippen MR) is 111 cm³/mol. The Morgan fingerprint density at radius 2 is 1.38 bits per heavy atom. The molecule has 9 atom stereocenters. The standard InChI is InChI=1S/C26H44/c1-17-23-21-12-11-18-9-6-7-10-19(18)20(21)13-14-22(23)25(4)15-8-16-26(25,5)24(17,2)3/h17-23H,6-16H2,1-5H3. The van der Waals surface area contributed by atoms with Crippen molar-refractivity contribution in [2.24, 2.45) is 57.7 Å². The summed E-state index contributed by atoms with van der Waals surface area (Å²) in [6.07, 6.45) is 17.0. The number of hydrogen-bond donors (Lipinski definition) is 0. The van der Waals surface area contributed by atoms with E-state index in [1.165, 1.54) is 32.1 Å². The Bertz CT molecular complexity index is 560. The van der Waals surface area contributed by atoms with E-state index >= 15 is 0 Å². The van der Waals surface area contributed by atoms with Gasteiger partial charge in [-0.05, 0) is 103 Å². The van der Waals surface area contributed by atoms with Gasteiger partial charge in [0.1, 0.15) is 0 Å². The molecule has 0 aromatic carbocycles. The Kier molecular flexibility index (Phi) is 4.00. The lowest BCUT2D eigenvalue weighted by Crippen LogP contribution is -2.63. The summed E-state index contributed by atoms with van der Waals surface area (Å²) in [4.78, 5) is 0. The first-order valence-corrected chi connectivity index (χ1v) is 12.3. The molecular formula is C26H44. The summed E-state index contributed by atoms with van der Waals surface area (Å²) in [5.41, 5.74) is 1.68. The van der Waals surface area contributed by atoms with Crippen molar-refractivity contribution in [1.82, 2.24) is 0 Å². The maximum absolute atomic E-state index is 2.75. The highest BCUT2D eigenvalue weighted by Gasteiger charge is 2.68. The zero-order valence-electron chi connectivity index (χ0n) is 18.3. The minimum atomic E-state index is 0.505. The fourth-order valence-corrected chi connectivity index (χ4v) is 10.3. The van der Waals surface area contributed by atoms with Gasteiger partial charge in [0.05, 0.1) is 0 Å². The molecule has 0 heterocycles. The van der Waals surface area contributed by atoms with Crippen LogP contribution >= 0.6 is 0 Å². The molecule has 0 aromatic rings. The summed E-state index contributed by atoms with van der Waals surface area (Å²) in [6, 6.07) is 0. The van der Waals surface area contributed by atoms with Crippen molar-refractivity contribution < 1.29 is 0 Å². The highest BCUT2D eigenvalue weighted by atomic mass is 14.7. The molecule has 0 bridgehead atoms. The first-order valence-electron chi connectivity index (χ1n) is 12.3. The third kappa shape index (κ3) is 2.03. The van der Waals surface area contributed by atoms with Crippen molar-refractivity contribution >= 4 is 0 Å². The molecule has 0 amide bonds. The van der Waals surface area contributed by atoms with Gasteiger partial charge in [0.25, 0.3) is 0 Å². The first kappa shape index (κ1) is 18.1. The largest absolute Gasteiger partial charge is 0.0617 e. The Morgan fingerprint density at radius 1 is 0.654 bits per heavy atom. The molecule has 148 valence electrons. The SMILES string of the molecule is CC1C2C3CCC4CCCCC4C3CCC2C2(C)CCCC2(C)C1(C)C. The van der Waals surface area contributed by atoms with E-state index in [-0.39, 0.29) is 0 Å². The van der Waals surface area contributed by atoms with Gasteiger partial charge in [0.15, 0.2) is 0 Å². The minimum absolute atomic E-state index is 0.505. The highest BCUT2D eigenvalue weighted by Crippen LogP contribution is 2.76. The molecule has 5 aliphatic carbocycles. The Balaban J connectivity index is 1.53. The number of hydrogen-bond acceptors (Lipinski definition) is 0. The molecule has 5 aliphatic rings. The third-order valence-electron chi connectivity index (χ3n) is 12.3. The molecule has 0 saturated heterocycles. The van der Waals surface area contributed by atoms with Crippen LogP contribution in [0.25, 0.3) is 0 Å². The summed E-state index contributed by atoms with van der Waals surface area (Å²) >= 11 is 0. The van der Waals surface area contributed by atoms with Crippen LogP contribution in [0.4, 0.5) is 0 Å². The van der Waals surface area contributed by atoms with Crippen LogP contribution in [0.5, 0.6) is 0 Å². The smallest absolute Gasteiger partial charge is 0.0215 e. The van der Waals surface area contributed by atoms with Crippen molar-refractivity contribution in [3.8, 4) is 0 Å². The monoisotopic (exact) mass is 356 g/mol. The summed E-state index contributed by atoms with van der Waals surface area (Å²) in [6.45, 7) is 13.5. The van der Waals surface area contributed by atoms with Crippen molar-refractivity contribution in [2.75, 3.05) is 0 Å². The van der Waals surface area contributed by atoms with Crippen LogP contribution in [0.3, 0.4) is 0 Å². The molecule has 0 radical (unpaired) electrons. The lowest BCUT2D eigenvalue weighted by molar-refractivity contribution is -0.212. The lowest BCUT2D eigenvalue weighted by Gasteiger charge is -2.69. The summed E-state index contributed by atoms with van der Waals surface area (Å²) in [7, 11) is 0. The van der Waals surface area contributed by atoms with E-state index in [9.17, 15) is 0 Å². The topological polar surface area (TPSA) is 0 Å². The molecule has 0 spiro atoms. The summed E-state index contributed by atoms with van der Waals surface area (Å²) in [5.74, 6) is 7.37. The van der Waals surface area contributed by atoms with Crippen LogP contribution in [0.1, 0.15) is 105 Å². The summed E-state index contributed by atoms with van der Waals surface area (Å²) < 4.78 is 0. The molecule has 0 aliphatic heterocycles. The molecule has 5 fully saturated rings. The zero-order valence-corrected chi connectivity index (χ0v) is 18.3. The highest BCUT2D eigenvalue weighted by molar-refractivity contribution is 5.17. The van der Waals surface area contributed by atoms with Gasteiger partial charge in [-0.3, -0.25) is 0 Å². The van der Waals surface area contributed by atoms with Crippen LogP contribution in [0, 0.1) is 57.7 Å². The fraction of sp³-hybridized carbons (Fsp3) is 1.00. The van der Waals surface area contributed by atoms with Gasteiger partial charge in [0, 0.05) is 0 Å². The zero-order chi connectivity index (χ0) is 18.3. The van der Waals surface area contributed by atoms with Gasteiger partial charge in [-0.25, -0.2) is 0 Å². The minimum Gasteiger partial charge on any atom is -0.0617 e. The molecule has 0 heteroatoms.